The van der Waals surface area contributed by atoms with Gasteiger partial charge in [-0.3, -0.25) is 10.4 Å². The summed E-state index contributed by atoms with van der Waals surface area (Å²) < 4.78 is 5.58. The van der Waals surface area contributed by atoms with Gasteiger partial charge in [0.2, 0.25) is 0 Å². The van der Waals surface area contributed by atoms with E-state index in [1.165, 1.54) is 0 Å². The second kappa shape index (κ2) is 8.84. The fourth-order valence-corrected chi connectivity index (χ4v) is 3.02. The van der Waals surface area contributed by atoms with Crippen LogP contribution >= 0.6 is 0 Å². The van der Waals surface area contributed by atoms with E-state index in [4.69, 9.17) is 4.74 Å². The molecular weight excluding hydrogens is 376 g/mol. The zero-order chi connectivity index (χ0) is 20.8. The van der Waals surface area contributed by atoms with Crippen LogP contribution in [-0.2, 0) is 0 Å². The van der Waals surface area contributed by atoms with Crippen LogP contribution in [0.1, 0.15) is 6.92 Å². The normalized spacial score (nSPS) is 10.2. The van der Waals surface area contributed by atoms with Crippen LogP contribution in [0, 0.1) is 11.8 Å². The molecule has 6 nitrogen and oxygen atoms in total. The highest BCUT2D eigenvalue weighted by Crippen LogP contribution is 2.26. The molecule has 2 amide bonds. The summed E-state index contributed by atoms with van der Waals surface area (Å²) in [7, 11) is 0. The summed E-state index contributed by atoms with van der Waals surface area (Å²) in [5.74, 6) is 6.72. The summed E-state index contributed by atoms with van der Waals surface area (Å²) in [5, 5.41) is 13.5. The average molecular weight is 396 g/mol. The van der Waals surface area contributed by atoms with Gasteiger partial charge in [-0.05, 0) is 48.4 Å². The van der Waals surface area contributed by atoms with Gasteiger partial charge in [-0.1, -0.05) is 48.4 Å². The molecule has 4 rings (SSSR count). The summed E-state index contributed by atoms with van der Waals surface area (Å²) in [4.78, 5) is 12.4. The highest BCUT2D eigenvalue weighted by atomic mass is 16.5. The molecule has 0 bridgehead atoms. The number of amides is 2. The van der Waals surface area contributed by atoms with Crippen molar-refractivity contribution < 1.29 is 9.53 Å². The number of carbonyl (C=O) groups excluding carboxylic acids is 1. The molecule has 30 heavy (non-hydrogen) atoms. The highest BCUT2D eigenvalue weighted by Gasteiger charge is 2.11. The molecule has 1 heterocycles. The maximum Gasteiger partial charge on any atom is 0.324 e. The maximum absolute atomic E-state index is 12.4. The predicted molar refractivity (Wildman–Crippen MR) is 120 cm³/mol. The molecule has 0 unspecified atom stereocenters. The van der Waals surface area contributed by atoms with Gasteiger partial charge in [-0.15, -0.1) is 5.92 Å². The Hall–Kier alpha value is -4.24. The molecule has 148 valence electrons. The molecule has 0 aliphatic carbocycles. The lowest BCUT2D eigenvalue weighted by Crippen LogP contribution is -2.19. The van der Waals surface area contributed by atoms with Gasteiger partial charge in [-0.25, -0.2) is 4.79 Å². The number of anilines is 2. The van der Waals surface area contributed by atoms with Crippen molar-refractivity contribution in [3.05, 3.63) is 72.8 Å². The predicted octanol–water partition coefficient (Wildman–Crippen LogP) is 5.28. The average Bonchev–Trinajstić information content (AvgIpc) is 3.17. The number of benzene rings is 3. The van der Waals surface area contributed by atoms with Crippen molar-refractivity contribution in [1.29, 1.82) is 0 Å². The number of fused-ring (bicyclic) bond motifs is 1. The lowest BCUT2D eigenvalue weighted by molar-refractivity contribution is 0.262. The number of hydrogen-bond donors (Lipinski definition) is 3. The quantitative estimate of drug-likeness (QED) is 0.402. The van der Waals surface area contributed by atoms with Crippen molar-refractivity contribution in [2.75, 3.05) is 17.2 Å². The second-order valence-corrected chi connectivity index (χ2v) is 6.52. The zero-order valence-corrected chi connectivity index (χ0v) is 16.4. The van der Waals surface area contributed by atoms with E-state index in [0.717, 1.165) is 22.0 Å². The zero-order valence-electron chi connectivity index (χ0n) is 16.4. The summed E-state index contributed by atoms with van der Waals surface area (Å²) in [6.07, 6.45) is 0. The molecule has 3 N–H and O–H groups in total. The first-order valence-electron chi connectivity index (χ1n) is 9.47. The highest BCUT2D eigenvalue weighted by molar-refractivity contribution is 6.04. The molecule has 1 aromatic heterocycles. The number of nitrogens with zero attached hydrogens (tertiary/aromatic N) is 1. The number of carbonyl (C=O) groups is 1. The van der Waals surface area contributed by atoms with Crippen LogP contribution < -0.4 is 15.4 Å². The van der Waals surface area contributed by atoms with Crippen molar-refractivity contribution in [2.45, 2.75) is 6.92 Å². The van der Waals surface area contributed by atoms with Crippen molar-refractivity contribution in [3.8, 4) is 28.7 Å². The number of ether oxygens (including phenoxy) is 1. The second-order valence-electron chi connectivity index (χ2n) is 6.52. The van der Waals surface area contributed by atoms with Crippen LogP contribution in [0.2, 0.25) is 0 Å². The standard InChI is InChI=1S/C24H20N4O2/c1-2-3-15-30-20-13-14-22-21(16-20)23(28-27-22)26-24(29)25-19-11-9-18(10-12-19)17-7-5-4-6-8-17/h4-14,16H,15H2,1H3,(H3,25,26,27,28,29). The van der Waals surface area contributed by atoms with E-state index < -0.39 is 0 Å². The van der Waals surface area contributed by atoms with Crippen LogP contribution in [0.5, 0.6) is 5.75 Å². The molecule has 0 saturated carbocycles. The third-order valence-corrected chi connectivity index (χ3v) is 4.50. The van der Waals surface area contributed by atoms with Crippen molar-refractivity contribution in [2.24, 2.45) is 0 Å². The minimum Gasteiger partial charge on any atom is -0.481 e. The van der Waals surface area contributed by atoms with Gasteiger partial charge >= 0.3 is 6.03 Å². The Morgan fingerprint density at radius 1 is 1.00 bits per heavy atom. The lowest BCUT2D eigenvalue weighted by atomic mass is 10.1. The molecule has 3 aromatic carbocycles. The Labute approximate surface area is 174 Å². The van der Waals surface area contributed by atoms with Crippen molar-refractivity contribution in [1.82, 2.24) is 10.2 Å². The van der Waals surface area contributed by atoms with E-state index in [0.29, 0.717) is 23.9 Å². The molecule has 0 aliphatic rings. The Morgan fingerprint density at radius 2 is 1.77 bits per heavy atom. The van der Waals surface area contributed by atoms with E-state index in [-0.39, 0.29) is 6.03 Å². The molecular formula is C24H20N4O2. The number of rotatable bonds is 5. The molecule has 0 atom stereocenters. The largest absolute Gasteiger partial charge is 0.481 e. The van der Waals surface area contributed by atoms with Gasteiger partial charge < -0.3 is 10.1 Å². The topological polar surface area (TPSA) is 79.0 Å². The third-order valence-electron chi connectivity index (χ3n) is 4.50. The summed E-state index contributed by atoms with van der Waals surface area (Å²) in [6, 6.07) is 22.9. The number of H-pyrrole nitrogens is 1. The molecule has 0 aliphatic heterocycles. The maximum atomic E-state index is 12.4. The number of hydrogen-bond acceptors (Lipinski definition) is 3. The minimum absolute atomic E-state index is 0.308. The van der Waals surface area contributed by atoms with Crippen LogP contribution in [-0.4, -0.2) is 22.8 Å². The summed E-state index contributed by atoms with van der Waals surface area (Å²) in [6.45, 7) is 2.07. The number of aromatic amines is 1. The fourth-order valence-electron chi connectivity index (χ4n) is 3.02. The molecule has 0 saturated heterocycles. The smallest absolute Gasteiger partial charge is 0.324 e. The molecule has 0 spiro atoms. The van der Waals surface area contributed by atoms with E-state index in [2.05, 4.69) is 32.7 Å². The first-order valence-corrected chi connectivity index (χ1v) is 9.47. The van der Waals surface area contributed by atoms with Crippen LogP contribution in [0.15, 0.2) is 72.8 Å². The van der Waals surface area contributed by atoms with Crippen LogP contribution in [0.4, 0.5) is 16.3 Å². The molecule has 0 radical (unpaired) electrons. The van der Waals surface area contributed by atoms with E-state index in [9.17, 15) is 4.79 Å². The van der Waals surface area contributed by atoms with Gasteiger partial charge in [0.05, 0.1) is 5.52 Å². The monoisotopic (exact) mass is 396 g/mol. The first kappa shape index (κ1) is 19.1. The first-order chi connectivity index (χ1) is 14.7. The summed E-state index contributed by atoms with van der Waals surface area (Å²) in [5.41, 5.74) is 3.69. The Bertz CT molecular complexity index is 1220. The number of aromatic nitrogens is 2. The minimum atomic E-state index is -0.376. The number of nitrogens with one attached hydrogen (secondary N) is 3. The van der Waals surface area contributed by atoms with Gasteiger partial charge in [0, 0.05) is 11.1 Å². The Kier molecular flexibility index (Phi) is 5.63. The SMILES string of the molecule is CC#CCOc1ccc2[nH]nc(NC(=O)Nc3ccc(-c4ccccc4)cc3)c2c1. The van der Waals surface area contributed by atoms with E-state index >= 15 is 0 Å². The van der Waals surface area contributed by atoms with Gasteiger partial charge in [0.15, 0.2) is 5.82 Å². The Balaban J connectivity index is 1.44. The molecule has 4 aromatic rings. The fraction of sp³-hybridized carbons (Fsp3) is 0.0833. The van der Waals surface area contributed by atoms with E-state index in [1.54, 1.807) is 6.92 Å². The van der Waals surface area contributed by atoms with Crippen LogP contribution in [0.25, 0.3) is 22.0 Å². The van der Waals surface area contributed by atoms with Gasteiger partial charge in [-0.2, -0.15) is 5.10 Å². The van der Waals surface area contributed by atoms with Crippen molar-refractivity contribution in [3.63, 3.8) is 0 Å². The lowest BCUT2D eigenvalue weighted by Gasteiger charge is -2.08. The third kappa shape index (κ3) is 4.42. The van der Waals surface area contributed by atoms with Gasteiger partial charge in [0.25, 0.3) is 0 Å². The summed E-state index contributed by atoms with van der Waals surface area (Å²) >= 11 is 0. The van der Waals surface area contributed by atoms with E-state index in [1.807, 2.05) is 72.8 Å². The van der Waals surface area contributed by atoms with Crippen LogP contribution in [0.3, 0.4) is 0 Å². The van der Waals surface area contributed by atoms with Gasteiger partial charge in [0.1, 0.15) is 12.4 Å². The molecule has 6 heteroatoms. The number of urea groups is 1. The molecule has 0 fully saturated rings. The Morgan fingerprint density at radius 3 is 2.53 bits per heavy atom. The van der Waals surface area contributed by atoms with Crippen molar-refractivity contribution >= 4 is 28.4 Å².